The van der Waals surface area contributed by atoms with E-state index < -0.39 is 38.9 Å². The van der Waals surface area contributed by atoms with Gasteiger partial charge >= 0.3 is 5.97 Å². The molecule has 0 fully saturated rings. The quantitative estimate of drug-likeness (QED) is 0.811. The third-order valence-electron chi connectivity index (χ3n) is 3.27. The molecule has 7 nitrogen and oxygen atoms in total. The smallest absolute Gasteiger partial charge is 0.338 e. The van der Waals surface area contributed by atoms with Crippen molar-refractivity contribution in [3.63, 3.8) is 0 Å². The van der Waals surface area contributed by atoms with Crippen LogP contribution >= 0.6 is 0 Å². The molecule has 0 bridgehead atoms. The molecule has 0 saturated carbocycles. The van der Waals surface area contributed by atoms with E-state index >= 15 is 0 Å². The molecular weight excluding hydrogens is 356 g/mol. The minimum atomic E-state index is -4.23. The fourth-order valence-electron chi connectivity index (χ4n) is 2.22. The van der Waals surface area contributed by atoms with E-state index in [0.717, 1.165) is 0 Å². The summed E-state index contributed by atoms with van der Waals surface area (Å²) in [7, 11) is -4.23. The first kappa shape index (κ1) is 18.8. The first-order valence-corrected chi connectivity index (χ1v) is 8.78. The van der Waals surface area contributed by atoms with E-state index in [4.69, 9.17) is 5.11 Å². The third kappa shape index (κ3) is 4.13. The number of aromatic carboxylic acids is 1. The zero-order chi connectivity index (χ0) is 18.9. The van der Waals surface area contributed by atoms with Crippen LogP contribution in [0.4, 0.5) is 14.5 Å². The van der Waals surface area contributed by atoms with Crippen LogP contribution in [0.2, 0.25) is 0 Å². The lowest BCUT2D eigenvalue weighted by Crippen LogP contribution is -2.15. The van der Waals surface area contributed by atoms with Crippen LogP contribution in [0.1, 0.15) is 29.9 Å². The summed E-state index contributed by atoms with van der Waals surface area (Å²) in [6.07, 6.45) is 1.30. The van der Waals surface area contributed by atoms with Gasteiger partial charge in [-0.25, -0.2) is 22.0 Å². The highest BCUT2D eigenvalue weighted by molar-refractivity contribution is 7.92. The molecule has 1 aromatic carbocycles. The largest absolute Gasteiger partial charge is 0.478 e. The van der Waals surface area contributed by atoms with Gasteiger partial charge < -0.3 is 5.11 Å². The molecule has 10 heteroatoms. The number of nitrogens with one attached hydrogen (secondary N) is 1. The van der Waals surface area contributed by atoms with Crippen molar-refractivity contribution in [2.24, 2.45) is 5.92 Å². The van der Waals surface area contributed by atoms with Crippen LogP contribution in [0.15, 0.2) is 23.2 Å². The highest BCUT2D eigenvalue weighted by Gasteiger charge is 2.24. The van der Waals surface area contributed by atoms with Crippen molar-refractivity contribution in [3.05, 3.63) is 41.2 Å². The Morgan fingerprint density at radius 2 is 1.96 bits per heavy atom. The van der Waals surface area contributed by atoms with E-state index in [0.29, 0.717) is 18.7 Å². The average Bonchev–Trinajstić information content (AvgIpc) is 2.82. The van der Waals surface area contributed by atoms with Gasteiger partial charge in [-0.2, -0.15) is 5.10 Å². The second-order valence-corrected chi connectivity index (χ2v) is 7.57. The van der Waals surface area contributed by atoms with Crippen molar-refractivity contribution < 1.29 is 27.1 Å². The van der Waals surface area contributed by atoms with Gasteiger partial charge in [0.25, 0.3) is 10.0 Å². The lowest BCUT2D eigenvalue weighted by Gasteiger charge is -2.09. The number of aryl methyl sites for hydroxylation is 1. The van der Waals surface area contributed by atoms with Crippen LogP contribution in [-0.2, 0) is 16.6 Å². The van der Waals surface area contributed by atoms with Crippen molar-refractivity contribution >= 4 is 21.7 Å². The fraction of sp³-hybridized carbons (Fsp3) is 0.333. The van der Waals surface area contributed by atoms with E-state index in [1.54, 1.807) is 0 Å². The molecule has 2 N–H and O–H groups in total. The number of carbonyl (C=O) groups is 1. The van der Waals surface area contributed by atoms with Gasteiger partial charge in [0.1, 0.15) is 16.5 Å². The lowest BCUT2D eigenvalue weighted by molar-refractivity contribution is 0.0692. The molecule has 0 atom stereocenters. The van der Waals surface area contributed by atoms with Gasteiger partial charge in [0, 0.05) is 18.8 Å². The zero-order valence-electron chi connectivity index (χ0n) is 13.7. The Morgan fingerprint density at radius 1 is 1.32 bits per heavy atom. The molecule has 0 aliphatic heterocycles. The van der Waals surface area contributed by atoms with Crippen LogP contribution < -0.4 is 4.72 Å². The van der Waals surface area contributed by atoms with E-state index in [2.05, 4.69) is 5.10 Å². The Hall–Kier alpha value is -2.49. The number of rotatable bonds is 6. The molecule has 0 amide bonds. The molecule has 1 aromatic heterocycles. The number of nitrogens with zero attached hydrogens (tertiary/aromatic N) is 2. The summed E-state index contributed by atoms with van der Waals surface area (Å²) in [6, 6.07) is 0.911. The van der Waals surface area contributed by atoms with Crippen molar-refractivity contribution in [3.8, 4) is 0 Å². The molecule has 0 radical (unpaired) electrons. The van der Waals surface area contributed by atoms with Crippen LogP contribution in [0, 0.1) is 24.5 Å². The maximum Gasteiger partial charge on any atom is 0.338 e. The molecule has 0 aliphatic rings. The van der Waals surface area contributed by atoms with Gasteiger partial charge in [-0.1, -0.05) is 13.8 Å². The van der Waals surface area contributed by atoms with Gasteiger partial charge in [-0.3, -0.25) is 9.40 Å². The van der Waals surface area contributed by atoms with Gasteiger partial charge in [-0.15, -0.1) is 0 Å². The standard InChI is InChI=1S/C15H17F2N3O4S/c1-8(2)6-20-7-14(9(3)18-20)25(23,24)19-13-4-10(15(21)22)11(16)5-12(13)17/h4-5,7-8,19H,6H2,1-3H3,(H,21,22). The molecule has 136 valence electrons. The number of hydrogen-bond donors (Lipinski definition) is 2. The predicted octanol–water partition coefficient (Wildman–Crippen LogP) is 2.62. The molecular formula is C15H17F2N3O4S. The minimum absolute atomic E-state index is 0.172. The Morgan fingerprint density at radius 3 is 2.52 bits per heavy atom. The Labute approximate surface area is 143 Å². The molecule has 0 spiro atoms. The maximum absolute atomic E-state index is 13.8. The first-order chi connectivity index (χ1) is 11.5. The molecule has 0 saturated heterocycles. The summed E-state index contributed by atoms with van der Waals surface area (Å²) in [5, 5.41) is 13.0. The van der Waals surface area contributed by atoms with Gasteiger partial charge in [0.05, 0.1) is 16.9 Å². The van der Waals surface area contributed by atoms with E-state index in [9.17, 15) is 22.0 Å². The van der Waals surface area contributed by atoms with Gasteiger partial charge in [0.15, 0.2) is 0 Å². The second-order valence-electron chi connectivity index (χ2n) is 5.92. The maximum atomic E-state index is 13.8. The predicted molar refractivity (Wildman–Crippen MR) is 85.9 cm³/mol. The van der Waals surface area contributed by atoms with Crippen LogP contribution in [0.5, 0.6) is 0 Å². The van der Waals surface area contributed by atoms with E-state index in [1.807, 2.05) is 18.6 Å². The molecule has 2 aromatic rings. The normalized spacial score (nSPS) is 11.8. The average molecular weight is 373 g/mol. The topological polar surface area (TPSA) is 101 Å². The molecule has 1 heterocycles. The summed E-state index contributed by atoms with van der Waals surface area (Å²) in [4.78, 5) is 10.8. The number of halogens is 2. The van der Waals surface area contributed by atoms with Crippen LogP contribution in [0.25, 0.3) is 0 Å². The Kier molecular flexibility index (Phi) is 5.12. The minimum Gasteiger partial charge on any atom is -0.478 e. The van der Waals surface area contributed by atoms with E-state index in [-0.39, 0.29) is 16.5 Å². The summed E-state index contributed by atoms with van der Waals surface area (Å²) in [5.41, 5.74) is -1.30. The Balaban J connectivity index is 2.41. The fourth-order valence-corrected chi connectivity index (χ4v) is 3.47. The summed E-state index contributed by atoms with van der Waals surface area (Å²) >= 11 is 0. The molecule has 2 rings (SSSR count). The number of carboxylic acid groups (broad SMARTS) is 1. The lowest BCUT2D eigenvalue weighted by atomic mass is 10.2. The Bertz CT molecular complexity index is 923. The molecule has 0 unspecified atom stereocenters. The van der Waals surface area contributed by atoms with E-state index in [1.165, 1.54) is 17.8 Å². The second kappa shape index (κ2) is 6.79. The number of hydrogen-bond acceptors (Lipinski definition) is 4. The number of anilines is 1. The highest BCUT2D eigenvalue weighted by atomic mass is 32.2. The SMILES string of the molecule is Cc1nn(CC(C)C)cc1S(=O)(=O)Nc1cc(C(=O)O)c(F)cc1F. The third-order valence-corrected chi connectivity index (χ3v) is 4.74. The van der Waals surface area contributed by atoms with Gasteiger partial charge in [0.2, 0.25) is 0 Å². The van der Waals surface area contributed by atoms with Crippen molar-refractivity contribution in [1.29, 1.82) is 0 Å². The number of benzene rings is 1. The molecule has 0 aliphatic carbocycles. The van der Waals surface area contributed by atoms with Gasteiger partial charge in [-0.05, 0) is 18.9 Å². The van der Waals surface area contributed by atoms with Crippen LogP contribution in [0.3, 0.4) is 0 Å². The highest BCUT2D eigenvalue weighted by Crippen LogP contribution is 2.24. The number of carboxylic acids is 1. The summed E-state index contributed by atoms with van der Waals surface area (Å²) < 4.78 is 55.6. The van der Waals surface area contributed by atoms with Crippen molar-refractivity contribution in [1.82, 2.24) is 9.78 Å². The zero-order valence-corrected chi connectivity index (χ0v) is 14.6. The number of aromatic nitrogens is 2. The monoisotopic (exact) mass is 373 g/mol. The summed E-state index contributed by atoms with van der Waals surface area (Å²) in [6.45, 7) is 5.84. The van der Waals surface area contributed by atoms with Crippen molar-refractivity contribution in [2.45, 2.75) is 32.2 Å². The first-order valence-electron chi connectivity index (χ1n) is 7.30. The number of sulfonamides is 1. The van der Waals surface area contributed by atoms with Crippen molar-refractivity contribution in [2.75, 3.05) is 4.72 Å². The molecule has 25 heavy (non-hydrogen) atoms. The van der Waals surface area contributed by atoms with Crippen LogP contribution in [-0.4, -0.2) is 29.3 Å². The summed E-state index contributed by atoms with van der Waals surface area (Å²) in [5.74, 6) is -3.93.